The van der Waals surface area contributed by atoms with Crippen LogP contribution in [0.4, 0.5) is 0 Å². The Labute approximate surface area is 187 Å². The molecule has 0 amide bonds. The molecule has 174 valence electrons. The van der Waals surface area contributed by atoms with Crippen molar-refractivity contribution in [3.05, 3.63) is 24.3 Å². The number of epoxide rings is 1. The Morgan fingerprint density at radius 2 is 1.91 bits per heavy atom. The second kappa shape index (κ2) is 7.54. The fourth-order valence-electron chi connectivity index (χ4n) is 5.27. The van der Waals surface area contributed by atoms with Gasteiger partial charge in [-0.3, -0.25) is 9.59 Å². The van der Waals surface area contributed by atoms with E-state index < -0.39 is 59.1 Å². The molecule has 2 saturated heterocycles. The average molecular weight is 446 g/mol. The van der Waals surface area contributed by atoms with Gasteiger partial charge in [-0.1, -0.05) is 33.4 Å². The zero-order valence-corrected chi connectivity index (χ0v) is 19.1. The van der Waals surface area contributed by atoms with E-state index in [1.165, 1.54) is 6.08 Å². The summed E-state index contributed by atoms with van der Waals surface area (Å²) in [6, 6.07) is 0. The van der Waals surface area contributed by atoms with Crippen molar-refractivity contribution >= 4 is 23.7 Å². The minimum absolute atomic E-state index is 0.0895. The molecule has 1 saturated carbocycles. The van der Waals surface area contributed by atoms with Gasteiger partial charge in [0, 0.05) is 17.9 Å². The topological polar surface area (TPSA) is 108 Å². The van der Waals surface area contributed by atoms with Crippen molar-refractivity contribution < 1.29 is 38.1 Å². The van der Waals surface area contributed by atoms with Gasteiger partial charge < -0.3 is 18.9 Å². The molecule has 0 aromatic rings. The molecule has 0 bridgehead atoms. The zero-order valence-electron chi connectivity index (χ0n) is 19.1. The SMILES string of the molecule is C=C1C(=O)O[C@@H]2[C@H](OC(=O)CC(C)C)[C@@H](C)[C@@H]3C=CC(=O)[C@@]3(C)[C@@H](OC(=O)[C@]3(C)CO3)[C@H]12. The summed E-state index contributed by atoms with van der Waals surface area (Å²) in [7, 11) is 0. The molecule has 32 heavy (non-hydrogen) atoms. The first-order valence-corrected chi connectivity index (χ1v) is 11.1. The first-order valence-electron chi connectivity index (χ1n) is 11.1. The summed E-state index contributed by atoms with van der Waals surface area (Å²) in [5.74, 6) is -3.37. The van der Waals surface area contributed by atoms with Gasteiger partial charge in [0.25, 0.3) is 0 Å². The van der Waals surface area contributed by atoms with Crippen molar-refractivity contribution in [1.82, 2.24) is 0 Å². The number of esters is 3. The summed E-state index contributed by atoms with van der Waals surface area (Å²) in [4.78, 5) is 51.2. The lowest BCUT2D eigenvalue weighted by atomic mass is 9.67. The smallest absolute Gasteiger partial charge is 0.340 e. The highest BCUT2D eigenvalue weighted by Crippen LogP contribution is 2.55. The molecule has 2 aliphatic heterocycles. The first kappa shape index (κ1) is 22.7. The maximum Gasteiger partial charge on any atom is 0.340 e. The van der Waals surface area contributed by atoms with Gasteiger partial charge in [0.15, 0.2) is 11.4 Å². The number of ether oxygens (including phenoxy) is 4. The molecular weight excluding hydrogens is 416 g/mol. The molecule has 0 spiro atoms. The number of allylic oxidation sites excluding steroid dienone is 2. The van der Waals surface area contributed by atoms with Crippen LogP contribution in [0.25, 0.3) is 0 Å². The summed E-state index contributed by atoms with van der Waals surface area (Å²) < 4.78 is 22.6. The van der Waals surface area contributed by atoms with Crippen molar-refractivity contribution in [3.8, 4) is 0 Å². The Kier molecular flexibility index (Phi) is 5.35. The lowest BCUT2D eigenvalue weighted by molar-refractivity contribution is -0.173. The first-order chi connectivity index (χ1) is 14.9. The molecule has 8 nitrogen and oxygen atoms in total. The minimum Gasteiger partial charge on any atom is -0.458 e. The van der Waals surface area contributed by atoms with Crippen LogP contribution in [-0.4, -0.2) is 54.2 Å². The van der Waals surface area contributed by atoms with E-state index in [0.29, 0.717) is 0 Å². The Hall–Kier alpha value is -2.48. The Balaban J connectivity index is 1.77. The van der Waals surface area contributed by atoms with Crippen LogP contribution >= 0.6 is 0 Å². The third-order valence-electron chi connectivity index (χ3n) is 7.35. The predicted molar refractivity (Wildman–Crippen MR) is 111 cm³/mol. The summed E-state index contributed by atoms with van der Waals surface area (Å²) in [6.45, 7) is 13.1. The molecule has 3 fully saturated rings. The second-order valence-corrected chi connectivity index (χ2v) is 10.2. The number of hydrogen-bond donors (Lipinski definition) is 0. The van der Waals surface area contributed by atoms with E-state index in [9.17, 15) is 19.2 Å². The summed E-state index contributed by atoms with van der Waals surface area (Å²) >= 11 is 0. The third kappa shape index (κ3) is 3.39. The van der Waals surface area contributed by atoms with Crippen LogP contribution < -0.4 is 0 Å². The van der Waals surface area contributed by atoms with Gasteiger partial charge in [-0.15, -0.1) is 0 Å². The van der Waals surface area contributed by atoms with E-state index in [1.54, 1.807) is 19.9 Å². The molecule has 0 aromatic heterocycles. The van der Waals surface area contributed by atoms with Gasteiger partial charge in [-0.25, -0.2) is 9.59 Å². The Morgan fingerprint density at radius 1 is 1.25 bits per heavy atom. The Morgan fingerprint density at radius 3 is 2.50 bits per heavy atom. The van der Waals surface area contributed by atoms with Gasteiger partial charge in [0.05, 0.1) is 17.9 Å². The number of ketones is 1. The molecule has 4 rings (SSSR count). The van der Waals surface area contributed by atoms with Crippen LogP contribution in [0.3, 0.4) is 0 Å². The van der Waals surface area contributed by atoms with E-state index in [4.69, 9.17) is 18.9 Å². The number of hydrogen-bond acceptors (Lipinski definition) is 8. The lowest BCUT2D eigenvalue weighted by Crippen LogP contribution is -2.50. The Bertz CT molecular complexity index is 913. The van der Waals surface area contributed by atoms with Crippen molar-refractivity contribution in [2.45, 2.75) is 65.0 Å². The normalized spacial score (nSPS) is 42.2. The highest BCUT2D eigenvalue weighted by Gasteiger charge is 2.66. The molecule has 4 aliphatic rings. The summed E-state index contributed by atoms with van der Waals surface area (Å²) in [5.41, 5.74) is -2.13. The lowest BCUT2D eigenvalue weighted by Gasteiger charge is -2.39. The van der Waals surface area contributed by atoms with Crippen LogP contribution in [0, 0.1) is 29.1 Å². The van der Waals surface area contributed by atoms with Crippen molar-refractivity contribution in [3.63, 3.8) is 0 Å². The van der Waals surface area contributed by atoms with E-state index in [-0.39, 0.29) is 36.2 Å². The van der Waals surface area contributed by atoms with Gasteiger partial charge in [0.1, 0.15) is 18.3 Å². The summed E-state index contributed by atoms with van der Waals surface area (Å²) in [5, 5.41) is 0. The maximum absolute atomic E-state index is 13.2. The van der Waals surface area contributed by atoms with Crippen molar-refractivity contribution in [2.75, 3.05) is 6.61 Å². The fourth-order valence-corrected chi connectivity index (χ4v) is 5.27. The van der Waals surface area contributed by atoms with Gasteiger partial charge in [-0.05, 0) is 31.8 Å². The number of fused-ring (bicyclic) bond motifs is 2. The highest BCUT2D eigenvalue weighted by atomic mass is 16.6. The van der Waals surface area contributed by atoms with E-state index in [0.717, 1.165) is 0 Å². The van der Waals surface area contributed by atoms with Gasteiger partial charge >= 0.3 is 17.9 Å². The number of rotatable bonds is 5. The average Bonchev–Trinajstić information content (AvgIpc) is 3.32. The zero-order chi connectivity index (χ0) is 23.6. The van der Waals surface area contributed by atoms with Crippen molar-refractivity contribution in [2.24, 2.45) is 29.1 Å². The number of carbonyl (C=O) groups excluding carboxylic acids is 4. The molecule has 8 atom stereocenters. The predicted octanol–water partition coefficient (Wildman–Crippen LogP) is 2.15. The quantitative estimate of drug-likeness (QED) is 0.274. The third-order valence-corrected chi connectivity index (χ3v) is 7.35. The fraction of sp³-hybridized carbons (Fsp3) is 0.667. The van der Waals surface area contributed by atoms with Gasteiger partial charge in [-0.2, -0.15) is 0 Å². The molecule has 0 N–H and O–H groups in total. The van der Waals surface area contributed by atoms with Crippen LogP contribution in [0.1, 0.15) is 41.0 Å². The standard InChI is InChI=1S/C24H30O8/c1-11(2)9-16(26)30-18-12(3)14-7-8-15(25)24(14,6)20(32-22(28)23(5)10-29-23)17-13(4)21(27)31-19(17)18/h7-8,11-12,14,17-20H,4,9-10H2,1-3,5-6H3/t12-,14-,17+,18+,19-,20-,23-,24-/m0/s1. The molecule has 0 aromatic carbocycles. The molecule has 0 unspecified atom stereocenters. The van der Waals surface area contributed by atoms with Crippen LogP contribution in [-0.2, 0) is 38.1 Å². The van der Waals surface area contributed by atoms with E-state index >= 15 is 0 Å². The largest absolute Gasteiger partial charge is 0.458 e. The van der Waals surface area contributed by atoms with Crippen LogP contribution in [0.2, 0.25) is 0 Å². The molecule has 2 aliphatic carbocycles. The van der Waals surface area contributed by atoms with Crippen LogP contribution in [0.15, 0.2) is 24.3 Å². The maximum atomic E-state index is 13.2. The van der Waals surface area contributed by atoms with E-state index in [1.807, 2.05) is 20.8 Å². The highest BCUT2D eigenvalue weighted by molar-refractivity contribution is 5.99. The minimum atomic E-state index is -1.17. The molecule has 0 radical (unpaired) electrons. The number of carbonyl (C=O) groups is 4. The summed E-state index contributed by atoms with van der Waals surface area (Å²) in [6.07, 6.45) is 0.716. The second-order valence-electron chi connectivity index (χ2n) is 10.2. The van der Waals surface area contributed by atoms with Crippen molar-refractivity contribution in [1.29, 1.82) is 0 Å². The molecular formula is C24H30O8. The van der Waals surface area contributed by atoms with Gasteiger partial charge in [0.2, 0.25) is 0 Å². The van der Waals surface area contributed by atoms with Crippen LogP contribution in [0.5, 0.6) is 0 Å². The molecule has 8 heteroatoms. The van der Waals surface area contributed by atoms with E-state index in [2.05, 4.69) is 6.58 Å². The molecule has 2 heterocycles. The monoisotopic (exact) mass is 446 g/mol.